The zero-order valence-electron chi connectivity index (χ0n) is 24.7. The van der Waals surface area contributed by atoms with E-state index >= 15 is 0 Å². The summed E-state index contributed by atoms with van der Waals surface area (Å²) in [6, 6.07) is 19.2. The number of carbonyl (C=O) groups is 2. The highest BCUT2D eigenvalue weighted by Gasteiger charge is 2.32. The molecular weight excluding hydrogens is 709 g/mol. The average Bonchev–Trinajstić information content (AvgIpc) is 3.03. The van der Waals surface area contributed by atoms with Crippen molar-refractivity contribution in [1.82, 2.24) is 16.1 Å². The maximum absolute atomic E-state index is 12.8. The summed E-state index contributed by atoms with van der Waals surface area (Å²) < 4.78 is 23.4. The lowest BCUT2D eigenvalue weighted by Crippen LogP contribution is -2.45. The molecule has 0 fully saturated rings. The van der Waals surface area contributed by atoms with E-state index in [1.54, 1.807) is 56.3 Å². The van der Waals surface area contributed by atoms with Crippen molar-refractivity contribution in [3.63, 3.8) is 0 Å². The Morgan fingerprint density at radius 1 is 1.13 bits per heavy atom. The van der Waals surface area contributed by atoms with Gasteiger partial charge in [0.05, 0.1) is 46.7 Å². The minimum Gasteiger partial charge on any atom is -0.493 e. The van der Waals surface area contributed by atoms with Gasteiger partial charge in [0.25, 0.3) is 5.91 Å². The topological polar surface area (TPSA) is 143 Å². The van der Waals surface area contributed by atoms with Crippen molar-refractivity contribution in [2.24, 2.45) is 5.10 Å². The summed E-state index contributed by atoms with van der Waals surface area (Å²) in [6.45, 7) is 3.66. The zero-order chi connectivity index (χ0) is 32.3. The average molecular weight is 740 g/mol. The van der Waals surface area contributed by atoms with E-state index in [0.29, 0.717) is 56.9 Å². The first-order chi connectivity index (χ1) is 21.7. The van der Waals surface area contributed by atoms with Crippen LogP contribution in [0.1, 0.15) is 42.1 Å². The molecule has 11 nitrogen and oxygen atoms in total. The summed E-state index contributed by atoms with van der Waals surface area (Å²) in [6.07, 6.45) is 1.49. The molecule has 1 aliphatic rings. The van der Waals surface area contributed by atoms with Gasteiger partial charge in [0, 0.05) is 11.3 Å². The second-order valence-corrected chi connectivity index (χ2v) is 11.1. The summed E-state index contributed by atoms with van der Waals surface area (Å²) in [4.78, 5) is 25.4. The lowest BCUT2D eigenvalue weighted by atomic mass is 9.95. The molecule has 1 aliphatic heterocycles. The normalized spacial score (nSPS) is 14.2. The molecule has 1 heterocycles. The number of esters is 1. The van der Waals surface area contributed by atoms with Gasteiger partial charge in [0.1, 0.15) is 12.4 Å². The number of thiocarbonyl (C=S) groups is 1. The van der Waals surface area contributed by atoms with Gasteiger partial charge in [-0.15, -0.1) is 0 Å². The molecule has 0 bridgehead atoms. The van der Waals surface area contributed by atoms with Crippen LogP contribution in [0.25, 0.3) is 0 Å². The molecule has 45 heavy (non-hydrogen) atoms. The number of para-hydroxylation sites is 1. The lowest BCUT2D eigenvalue weighted by molar-refractivity contribution is -0.139. The first-order valence-corrected chi connectivity index (χ1v) is 15.2. The van der Waals surface area contributed by atoms with E-state index in [4.69, 9.17) is 36.4 Å². The van der Waals surface area contributed by atoms with Gasteiger partial charge in [-0.1, -0.05) is 30.3 Å². The van der Waals surface area contributed by atoms with Crippen molar-refractivity contribution in [2.75, 3.05) is 20.3 Å². The molecule has 3 aromatic carbocycles. The van der Waals surface area contributed by atoms with E-state index in [9.17, 15) is 9.59 Å². The van der Waals surface area contributed by atoms with Gasteiger partial charge < -0.3 is 29.6 Å². The number of halogens is 1. The number of hydrogen-bond donors (Lipinski definition) is 3. The molecule has 0 aromatic heterocycles. The highest BCUT2D eigenvalue weighted by molar-refractivity contribution is 14.1. The molecule has 3 aromatic rings. The predicted molar refractivity (Wildman–Crippen MR) is 180 cm³/mol. The van der Waals surface area contributed by atoms with Gasteiger partial charge in [0.15, 0.2) is 23.2 Å². The van der Waals surface area contributed by atoms with Gasteiger partial charge in [-0.2, -0.15) is 10.4 Å². The van der Waals surface area contributed by atoms with Crippen molar-refractivity contribution in [3.05, 3.63) is 97.8 Å². The summed E-state index contributed by atoms with van der Waals surface area (Å²) in [5.74, 6) is 0.485. The Bertz CT molecular complexity index is 1690. The van der Waals surface area contributed by atoms with Crippen molar-refractivity contribution in [3.8, 4) is 23.3 Å². The molecule has 0 unspecified atom stereocenters. The molecule has 0 saturated carbocycles. The molecule has 13 heteroatoms. The van der Waals surface area contributed by atoms with Crippen LogP contribution in [0.3, 0.4) is 0 Å². The summed E-state index contributed by atoms with van der Waals surface area (Å²) in [7, 11) is 1.54. The second kappa shape index (κ2) is 15.9. The molecule has 0 radical (unpaired) electrons. The van der Waals surface area contributed by atoms with E-state index in [2.05, 4.69) is 49.8 Å². The Morgan fingerprint density at radius 2 is 1.89 bits per heavy atom. The molecule has 4 rings (SSSR count). The van der Waals surface area contributed by atoms with Crippen molar-refractivity contribution in [1.29, 1.82) is 5.26 Å². The number of methoxy groups -OCH3 is 1. The Labute approximate surface area is 279 Å². The first kappa shape index (κ1) is 33.2. The highest BCUT2D eigenvalue weighted by atomic mass is 127. The second-order valence-electron chi connectivity index (χ2n) is 9.54. The van der Waals surface area contributed by atoms with Crippen LogP contribution >= 0.6 is 34.8 Å². The number of carbonyl (C=O) groups excluding carboxylic acids is 2. The van der Waals surface area contributed by atoms with E-state index in [-0.39, 0.29) is 13.2 Å². The minimum absolute atomic E-state index is 0.218. The van der Waals surface area contributed by atoms with E-state index in [1.165, 1.54) is 13.3 Å². The molecule has 232 valence electrons. The fourth-order valence-electron chi connectivity index (χ4n) is 4.40. The standard InChI is InChI=1S/C32H30IN5O6S/c1-4-42-31(40)28-19(2)36-32(45)37-29(28)23-7-5-6-8-25(23)43-18-27(39)38-35-16-22-13-24(33)30(26(14-22)41-3)44-17-21-11-9-20(15-34)10-12-21/h5-14,16,29H,4,17-18H2,1-3H3,(H,38,39)(H2,36,37,45)/t29-/m1/s1. The predicted octanol–water partition coefficient (Wildman–Crippen LogP) is 4.64. The van der Waals surface area contributed by atoms with Crippen LogP contribution < -0.4 is 30.3 Å². The molecule has 0 spiro atoms. The number of rotatable bonds is 12. The molecule has 1 amide bonds. The van der Waals surface area contributed by atoms with Crippen LogP contribution in [-0.4, -0.2) is 43.5 Å². The number of nitrogens with zero attached hydrogens (tertiary/aromatic N) is 2. The summed E-state index contributed by atoms with van der Waals surface area (Å²) >= 11 is 7.46. The van der Waals surface area contributed by atoms with Gasteiger partial charge in [0.2, 0.25) is 0 Å². The van der Waals surface area contributed by atoms with Crippen molar-refractivity contribution < 1.29 is 28.5 Å². The van der Waals surface area contributed by atoms with Gasteiger partial charge in [-0.25, -0.2) is 10.2 Å². The summed E-state index contributed by atoms with van der Waals surface area (Å²) in [5.41, 5.74) is 6.18. The number of allylic oxidation sites excluding steroid dienone is 1. The number of nitrogens with one attached hydrogen (secondary N) is 3. The molecule has 3 N–H and O–H groups in total. The molecule has 0 saturated heterocycles. The molecule has 0 aliphatic carbocycles. The van der Waals surface area contributed by atoms with Crippen LogP contribution in [0.4, 0.5) is 0 Å². The smallest absolute Gasteiger partial charge is 0.338 e. The third-order valence-corrected chi connectivity index (χ3v) is 7.50. The van der Waals surface area contributed by atoms with Crippen molar-refractivity contribution in [2.45, 2.75) is 26.5 Å². The first-order valence-electron chi connectivity index (χ1n) is 13.7. The van der Waals surface area contributed by atoms with Gasteiger partial charge in [-0.05, 0) is 90.1 Å². The number of nitriles is 1. The maximum Gasteiger partial charge on any atom is 0.338 e. The number of hydrogen-bond acceptors (Lipinski definition) is 9. The highest BCUT2D eigenvalue weighted by Crippen LogP contribution is 2.35. The number of ether oxygens (including phenoxy) is 4. The largest absolute Gasteiger partial charge is 0.493 e. The van der Waals surface area contributed by atoms with E-state index < -0.39 is 17.9 Å². The Hall–Kier alpha value is -4.68. The van der Waals surface area contributed by atoms with Crippen LogP contribution in [-0.2, 0) is 20.9 Å². The van der Waals surface area contributed by atoms with E-state index in [1.807, 2.05) is 18.2 Å². The number of amides is 1. The Kier molecular flexibility index (Phi) is 11.7. The monoisotopic (exact) mass is 739 g/mol. The summed E-state index contributed by atoms with van der Waals surface area (Å²) in [5, 5.41) is 19.4. The quantitative estimate of drug-likeness (QED) is 0.0791. The number of benzene rings is 3. The van der Waals surface area contributed by atoms with Gasteiger partial charge in [-0.3, -0.25) is 4.79 Å². The Morgan fingerprint density at radius 3 is 2.60 bits per heavy atom. The maximum atomic E-state index is 12.8. The van der Waals surface area contributed by atoms with Crippen LogP contribution in [0.2, 0.25) is 0 Å². The zero-order valence-corrected chi connectivity index (χ0v) is 27.7. The van der Waals surface area contributed by atoms with Crippen LogP contribution in [0, 0.1) is 14.9 Å². The molecule has 1 atom stereocenters. The number of hydrazone groups is 1. The van der Waals surface area contributed by atoms with Crippen LogP contribution in [0.5, 0.6) is 17.2 Å². The fourth-order valence-corrected chi connectivity index (χ4v) is 5.45. The SMILES string of the molecule is CCOC(=O)C1=C(C)NC(=S)N[C@@H]1c1ccccc1OCC(=O)NN=Cc1cc(I)c(OCc2ccc(C#N)cc2)c(OC)c1. The van der Waals surface area contributed by atoms with Crippen molar-refractivity contribution >= 4 is 58.0 Å². The third kappa shape index (κ3) is 8.70. The minimum atomic E-state index is -0.636. The van der Waals surface area contributed by atoms with E-state index in [0.717, 1.165) is 9.13 Å². The fraction of sp³-hybridized carbons (Fsp3) is 0.219. The third-order valence-electron chi connectivity index (χ3n) is 6.47. The Balaban J connectivity index is 1.39. The van der Waals surface area contributed by atoms with Gasteiger partial charge >= 0.3 is 5.97 Å². The van der Waals surface area contributed by atoms with Crippen LogP contribution in [0.15, 0.2) is 77.0 Å². The lowest BCUT2D eigenvalue weighted by Gasteiger charge is -2.30. The molecular formula is C32H30IN5O6S.